The van der Waals surface area contributed by atoms with Crippen molar-refractivity contribution in [2.24, 2.45) is 11.7 Å². The summed E-state index contributed by atoms with van der Waals surface area (Å²) in [6.45, 7) is 9.71. The average Bonchev–Trinajstić information content (AvgIpc) is 3.26. The fraction of sp³-hybridized carbons (Fsp3) is 0.435. The van der Waals surface area contributed by atoms with Crippen LogP contribution in [0.4, 0.5) is 5.82 Å². The molecule has 1 amide bonds. The standard InChI is InChI=1S/C23H30N6OS/c1-16(2)21(22(24)30)27-23-18-7-3-4-8-19(18)25-20(26-23)15-29-11-9-28(10-12-29)14-17-6-5-13-31-17/h3-8,13,16,21H,9-12,14-15H2,1-2H3,(H2,24,30)(H,25,26,27)/t21-/m0/s1. The molecule has 3 N–H and O–H groups in total. The number of hydrogen-bond donors (Lipinski definition) is 2. The zero-order valence-electron chi connectivity index (χ0n) is 18.1. The van der Waals surface area contributed by atoms with Crippen LogP contribution in [-0.2, 0) is 17.9 Å². The predicted molar refractivity (Wildman–Crippen MR) is 126 cm³/mol. The number of nitrogens with two attached hydrogens (primary N) is 1. The van der Waals surface area contributed by atoms with E-state index in [0.717, 1.165) is 49.5 Å². The van der Waals surface area contributed by atoms with Gasteiger partial charge >= 0.3 is 0 Å². The Labute approximate surface area is 187 Å². The lowest BCUT2D eigenvalue weighted by Crippen LogP contribution is -2.45. The highest BCUT2D eigenvalue weighted by atomic mass is 32.1. The molecule has 31 heavy (non-hydrogen) atoms. The van der Waals surface area contributed by atoms with Crippen LogP contribution in [0.25, 0.3) is 10.9 Å². The molecular formula is C23H30N6OS. The molecule has 1 fully saturated rings. The third-order valence-electron chi connectivity index (χ3n) is 5.70. The van der Waals surface area contributed by atoms with Crippen LogP contribution in [0.5, 0.6) is 0 Å². The van der Waals surface area contributed by atoms with Gasteiger partial charge in [-0.05, 0) is 29.5 Å². The van der Waals surface area contributed by atoms with E-state index in [1.807, 2.05) is 49.4 Å². The van der Waals surface area contributed by atoms with Crippen LogP contribution in [0.2, 0.25) is 0 Å². The van der Waals surface area contributed by atoms with Crippen LogP contribution in [0.3, 0.4) is 0 Å². The maximum atomic E-state index is 11.9. The van der Waals surface area contributed by atoms with Crippen LogP contribution in [0, 0.1) is 5.92 Å². The Hall–Kier alpha value is -2.55. The van der Waals surface area contributed by atoms with E-state index in [1.54, 1.807) is 0 Å². The lowest BCUT2D eigenvalue weighted by atomic mass is 10.0. The molecule has 0 bridgehead atoms. The van der Waals surface area contributed by atoms with Crippen LogP contribution < -0.4 is 11.1 Å². The number of fused-ring (bicyclic) bond motifs is 1. The summed E-state index contributed by atoms with van der Waals surface area (Å²) in [5.41, 5.74) is 6.49. The summed E-state index contributed by atoms with van der Waals surface area (Å²) in [5, 5.41) is 6.32. The maximum absolute atomic E-state index is 11.9. The Balaban J connectivity index is 1.47. The number of benzene rings is 1. The quantitative estimate of drug-likeness (QED) is 0.562. The molecule has 1 aliphatic heterocycles. The number of carbonyl (C=O) groups excluding carboxylic acids is 1. The van der Waals surface area contributed by atoms with Gasteiger partial charge < -0.3 is 11.1 Å². The van der Waals surface area contributed by atoms with E-state index in [4.69, 9.17) is 15.7 Å². The van der Waals surface area contributed by atoms with Gasteiger partial charge in [-0.15, -0.1) is 11.3 Å². The molecule has 1 atom stereocenters. The van der Waals surface area contributed by atoms with Crippen molar-refractivity contribution in [2.45, 2.75) is 33.0 Å². The molecule has 0 radical (unpaired) electrons. The number of nitrogens with zero attached hydrogens (tertiary/aromatic N) is 4. The zero-order valence-corrected chi connectivity index (χ0v) is 18.9. The molecule has 0 spiro atoms. The first kappa shape index (κ1) is 21.7. The number of thiophene rings is 1. The molecule has 0 aliphatic carbocycles. The summed E-state index contributed by atoms with van der Waals surface area (Å²) in [5.74, 6) is 1.13. The highest BCUT2D eigenvalue weighted by Crippen LogP contribution is 2.23. The van der Waals surface area contributed by atoms with Crippen molar-refractivity contribution in [3.63, 3.8) is 0 Å². The summed E-state index contributed by atoms with van der Waals surface area (Å²) in [7, 11) is 0. The largest absolute Gasteiger partial charge is 0.368 e. The molecule has 3 aromatic rings. The molecule has 2 aromatic heterocycles. The molecule has 0 unspecified atom stereocenters. The predicted octanol–water partition coefficient (Wildman–Crippen LogP) is 2.93. The van der Waals surface area contributed by atoms with Gasteiger partial charge in [-0.2, -0.15) is 0 Å². The molecule has 4 rings (SSSR count). The van der Waals surface area contributed by atoms with Gasteiger partial charge in [0.1, 0.15) is 17.7 Å². The first-order valence-corrected chi connectivity index (χ1v) is 11.7. The SMILES string of the molecule is CC(C)[C@H](Nc1nc(CN2CCN(Cc3cccs3)CC2)nc2ccccc12)C(N)=O. The first-order valence-electron chi connectivity index (χ1n) is 10.8. The number of amides is 1. The highest BCUT2D eigenvalue weighted by Gasteiger charge is 2.22. The van der Waals surface area contributed by atoms with E-state index in [0.29, 0.717) is 12.4 Å². The normalized spacial score (nSPS) is 16.6. The molecule has 1 aliphatic rings. The second-order valence-corrected chi connectivity index (χ2v) is 9.44. The van der Waals surface area contributed by atoms with E-state index in [-0.39, 0.29) is 11.8 Å². The number of anilines is 1. The summed E-state index contributed by atoms with van der Waals surface area (Å²) >= 11 is 1.82. The number of nitrogens with one attached hydrogen (secondary N) is 1. The van der Waals surface area contributed by atoms with E-state index in [1.165, 1.54) is 4.88 Å². The number of carbonyl (C=O) groups is 1. The van der Waals surface area contributed by atoms with Crippen LogP contribution in [-0.4, -0.2) is 57.9 Å². The second kappa shape index (κ2) is 9.72. The Morgan fingerprint density at radius 1 is 1.06 bits per heavy atom. The summed E-state index contributed by atoms with van der Waals surface area (Å²) in [6, 6.07) is 11.7. The topological polar surface area (TPSA) is 87.4 Å². The Kier molecular flexibility index (Phi) is 6.80. The number of para-hydroxylation sites is 1. The monoisotopic (exact) mass is 438 g/mol. The van der Waals surface area contributed by atoms with Gasteiger partial charge in [0.15, 0.2) is 0 Å². The first-order chi connectivity index (χ1) is 15.0. The van der Waals surface area contributed by atoms with Crippen molar-refractivity contribution < 1.29 is 4.79 Å². The molecule has 1 aromatic carbocycles. The molecular weight excluding hydrogens is 408 g/mol. The Bertz CT molecular complexity index is 1010. The lowest BCUT2D eigenvalue weighted by Gasteiger charge is -2.34. The minimum atomic E-state index is -0.480. The number of primary amides is 1. The van der Waals surface area contributed by atoms with Crippen molar-refractivity contribution >= 4 is 34.0 Å². The van der Waals surface area contributed by atoms with Gasteiger partial charge in [0.05, 0.1) is 12.1 Å². The lowest BCUT2D eigenvalue weighted by molar-refractivity contribution is -0.119. The van der Waals surface area contributed by atoms with Crippen molar-refractivity contribution in [3.05, 3.63) is 52.5 Å². The van der Waals surface area contributed by atoms with Gasteiger partial charge in [0.2, 0.25) is 5.91 Å². The van der Waals surface area contributed by atoms with E-state index in [9.17, 15) is 4.79 Å². The number of aromatic nitrogens is 2. The minimum Gasteiger partial charge on any atom is -0.368 e. The second-order valence-electron chi connectivity index (χ2n) is 8.41. The molecule has 7 nitrogen and oxygen atoms in total. The zero-order chi connectivity index (χ0) is 21.8. The van der Waals surface area contributed by atoms with E-state index >= 15 is 0 Å². The molecule has 164 valence electrons. The Morgan fingerprint density at radius 2 is 1.77 bits per heavy atom. The fourth-order valence-corrected chi connectivity index (χ4v) is 4.69. The summed E-state index contributed by atoms with van der Waals surface area (Å²) < 4.78 is 0. The highest BCUT2D eigenvalue weighted by molar-refractivity contribution is 7.09. The van der Waals surface area contributed by atoms with E-state index < -0.39 is 6.04 Å². The number of hydrogen-bond acceptors (Lipinski definition) is 7. The van der Waals surface area contributed by atoms with E-state index in [2.05, 4.69) is 32.6 Å². The fourth-order valence-electron chi connectivity index (χ4n) is 3.95. The Morgan fingerprint density at radius 3 is 2.42 bits per heavy atom. The minimum absolute atomic E-state index is 0.0612. The van der Waals surface area contributed by atoms with Gasteiger partial charge in [-0.3, -0.25) is 14.6 Å². The smallest absolute Gasteiger partial charge is 0.240 e. The number of rotatable bonds is 8. The van der Waals surface area contributed by atoms with Crippen molar-refractivity contribution in [1.82, 2.24) is 19.8 Å². The summed E-state index contributed by atoms with van der Waals surface area (Å²) in [4.78, 5) is 27.8. The van der Waals surface area contributed by atoms with Crippen LogP contribution in [0.15, 0.2) is 41.8 Å². The van der Waals surface area contributed by atoms with Crippen molar-refractivity contribution in [2.75, 3.05) is 31.5 Å². The van der Waals surface area contributed by atoms with Gasteiger partial charge in [-0.1, -0.05) is 32.0 Å². The van der Waals surface area contributed by atoms with Gasteiger partial charge in [-0.25, -0.2) is 9.97 Å². The van der Waals surface area contributed by atoms with Gasteiger partial charge in [0.25, 0.3) is 0 Å². The van der Waals surface area contributed by atoms with Crippen molar-refractivity contribution in [1.29, 1.82) is 0 Å². The molecule has 0 saturated carbocycles. The maximum Gasteiger partial charge on any atom is 0.240 e. The van der Waals surface area contributed by atoms with Crippen LogP contribution in [0.1, 0.15) is 24.5 Å². The van der Waals surface area contributed by atoms with Crippen molar-refractivity contribution in [3.8, 4) is 0 Å². The van der Waals surface area contributed by atoms with Crippen LogP contribution >= 0.6 is 11.3 Å². The van der Waals surface area contributed by atoms with Gasteiger partial charge in [0, 0.05) is 43.0 Å². The molecule has 1 saturated heterocycles. The third kappa shape index (κ3) is 5.39. The summed E-state index contributed by atoms with van der Waals surface area (Å²) in [6.07, 6.45) is 0. The average molecular weight is 439 g/mol. The molecule has 3 heterocycles. The number of piperazine rings is 1. The molecule has 8 heteroatoms. The third-order valence-corrected chi connectivity index (χ3v) is 6.57.